The van der Waals surface area contributed by atoms with Gasteiger partial charge in [0, 0.05) is 38.0 Å². The van der Waals surface area contributed by atoms with Gasteiger partial charge in [-0.05, 0) is 113 Å². The molecule has 0 saturated carbocycles. The summed E-state index contributed by atoms with van der Waals surface area (Å²) in [7, 11) is 5.94. The summed E-state index contributed by atoms with van der Waals surface area (Å²) in [6, 6.07) is 33.8. The first-order valence-electron chi connectivity index (χ1n) is 21.1. The minimum absolute atomic E-state index is 0.231. The number of rotatable bonds is 21. The predicted octanol–water partition coefficient (Wildman–Crippen LogP) is 10.4. The van der Waals surface area contributed by atoms with Crippen molar-refractivity contribution in [2.75, 3.05) is 53.9 Å². The number of hydrogen-bond acceptors (Lipinski definition) is 8. The lowest BCUT2D eigenvalue weighted by Crippen LogP contribution is -2.34. The molecule has 0 radical (unpaired) electrons. The molecule has 1 fully saturated rings. The quantitative estimate of drug-likeness (QED) is 0.0537. The van der Waals surface area contributed by atoms with Crippen LogP contribution in [0.3, 0.4) is 0 Å². The summed E-state index contributed by atoms with van der Waals surface area (Å²) in [6.07, 6.45) is 16.1. The van der Waals surface area contributed by atoms with Crippen molar-refractivity contribution in [3.8, 4) is 17.2 Å². The highest BCUT2D eigenvalue weighted by Gasteiger charge is 2.22. The van der Waals surface area contributed by atoms with Crippen LogP contribution in [0.4, 0.5) is 0 Å². The molecule has 0 bridgehead atoms. The van der Waals surface area contributed by atoms with Gasteiger partial charge in [-0.2, -0.15) is 0 Å². The lowest BCUT2D eigenvalue weighted by atomic mass is 9.93. The fraction of sp³-hybridized carbons (Fsp3) is 0.353. The second-order valence-corrected chi connectivity index (χ2v) is 15.5. The topological polar surface area (TPSA) is 67.6 Å². The van der Waals surface area contributed by atoms with E-state index in [1.54, 1.807) is 13.2 Å². The third-order valence-electron chi connectivity index (χ3n) is 11.0. The van der Waals surface area contributed by atoms with Crippen LogP contribution in [0.2, 0.25) is 0 Å². The zero-order valence-corrected chi connectivity index (χ0v) is 35.4. The fourth-order valence-electron chi connectivity index (χ4n) is 7.61. The Morgan fingerprint density at radius 2 is 1.41 bits per heavy atom. The van der Waals surface area contributed by atoms with E-state index in [1.165, 1.54) is 44.0 Å². The van der Waals surface area contributed by atoms with Crippen molar-refractivity contribution in [2.45, 2.75) is 58.8 Å². The van der Waals surface area contributed by atoms with Gasteiger partial charge in [0.15, 0.2) is 16.8 Å². The van der Waals surface area contributed by atoms with Crippen molar-refractivity contribution in [3.63, 3.8) is 0 Å². The van der Waals surface area contributed by atoms with Gasteiger partial charge in [-0.25, -0.2) is 0 Å². The van der Waals surface area contributed by atoms with Crippen LogP contribution in [0.5, 0.6) is 17.2 Å². The first-order valence-corrected chi connectivity index (χ1v) is 21.1. The normalized spacial score (nSPS) is 14.2. The SMILES string of the molecule is C\C=C/C(=C\C=C\c1cc(=O)c2c(OCc3ccccc3)cc(OCc3ccccc3)c(OC)c2o1)N(C)CCCCN(C)CCC1CCN(Cc2ccccc2)CC1. The van der Waals surface area contributed by atoms with Crippen LogP contribution in [0.15, 0.2) is 142 Å². The number of methoxy groups -OCH3 is 1. The molecule has 6 rings (SSSR count). The van der Waals surface area contributed by atoms with E-state index in [2.05, 4.69) is 65.2 Å². The van der Waals surface area contributed by atoms with Crippen molar-refractivity contribution >= 4 is 17.0 Å². The molecule has 59 heavy (non-hydrogen) atoms. The lowest BCUT2D eigenvalue weighted by Gasteiger charge is -2.32. The largest absolute Gasteiger partial charge is 0.490 e. The molecule has 8 nitrogen and oxygen atoms in total. The Morgan fingerprint density at radius 1 is 0.797 bits per heavy atom. The minimum Gasteiger partial charge on any atom is -0.490 e. The number of hydrogen-bond donors (Lipinski definition) is 0. The van der Waals surface area contributed by atoms with Crippen molar-refractivity contribution in [1.29, 1.82) is 0 Å². The van der Waals surface area contributed by atoms with E-state index in [0.29, 0.717) is 35.0 Å². The summed E-state index contributed by atoms with van der Waals surface area (Å²) in [5, 5.41) is 0.303. The number of benzene rings is 4. The highest BCUT2D eigenvalue weighted by molar-refractivity contribution is 5.91. The van der Waals surface area contributed by atoms with E-state index in [1.807, 2.05) is 91.9 Å². The van der Waals surface area contributed by atoms with E-state index < -0.39 is 0 Å². The summed E-state index contributed by atoms with van der Waals surface area (Å²) in [5.41, 5.74) is 4.51. The number of fused-ring (bicyclic) bond motifs is 1. The fourth-order valence-corrected chi connectivity index (χ4v) is 7.61. The van der Waals surface area contributed by atoms with E-state index in [4.69, 9.17) is 18.6 Å². The highest BCUT2D eigenvalue weighted by Crippen LogP contribution is 2.41. The number of piperidine rings is 1. The molecule has 1 aliphatic heterocycles. The first-order chi connectivity index (χ1) is 28.9. The molecule has 4 aromatic carbocycles. The molecule has 8 heteroatoms. The Balaban J connectivity index is 1.05. The first kappa shape index (κ1) is 43.0. The summed E-state index contributed by atoms with van der Waals surface area (Å²) in [4.78, 5) is 21.2. The van der Waals surface area contributed by atoms with Crippen LogP contribution in [0.25, 0.3) is 17.0 Å². The molecule has 0 spiro atoms. The molecule has 5 aromatic rings. The molecule has 0 unspecified atom stereocenters. The van der Waals surface area contributed by atoms with Gasteiger partial charge in [-0.15, -0.1) is 0 Å². The second kappa shape index (κ2) is 22.5. The number of unbranched alkanes of at least 4 members (excludes halogenated alkanes) is 1. The Bertz CT molecular complexity index is 2170. The van der Waals surface area contributed by atoms with Crippen molar-refractivity contribution in [1.82, 2.24) is 14.7 Å². The molecule has 310 valence electrons. The number of likely N-dealkylation sites (N-methyl/N-ethyl adjacent to an activating group) is 1. The van der Waals surface area contributed by atoms with Gasteiger partial charge in [-0.1, -0.05) is 103 Å². The molecule has 0 amide bonds. The summed E-state index contributed by atoms with van der Waals surface area (Å²) >= 11 is 0. The van der Waals surface area contributed by atoms with Crippen molar-refractivity contribution in [2.24, 2.45) is 5.92 Å². The van der Waals surface area contributed by atoms with Crippen molar-refractivity contribution < 1.29 is 18.6 Å². The van der Waals surface area contributed by atoms with E-state index in [-0.39, 0.29) is 17.6 Å². The maximum atomic E-state index is 13.8. The molecule has 0 aliphatic carbocycles. The van der Waals surface area contributed by atoms with Gasteiger partial charge in [0.2, 0.25) is 5.75 Å². The van der Waals surface area contributed by atoms with Crippen LogP contribution < -0.4 is 19.6 Å². The third kappa shape index (κ3) is 13.0. The maximum absolute atomic E-state index is 13.8. The average Bonchev–Trinajstić information content (AvgIpc) is 3.26. The third-order valence-corrected chi connectivity index (χ3v) is 11.0. The monoisotopic (exact) mass is 795 g/mol. The Kier molecular flexibility index (Phi) is 16.4. The Morgan fingerprint density at radius 3 is 2.03 bits per heavy atom. The van der Waals surface area contributed by atoms with Gasteiger partial charge in [0.25, 0.3) is 0 Å². The lowest BCUT2D eigenvalue weighted by molar-refractivity contribution is 0.162. The molecule has 1 aromatic heterocycles. The average molecular weight is 796 g/mol. The predicted molar refractivity (Wildman–Crippen MR) is 241 cm³/mol. The molecule has 1 saturated heterocycles. The molecule has 0 atom stereocenters. The number of ether oxygens (including phenoxy) is 3. The molecule has 0 N–H and O–H groups in total. The van der Waals surface area contributed by atoms with Gasteiger partial charge in [0.05, 0.1) is 7.11 Å². The zero-order chi connectivity index (χ0) is 41.2. The molecule has 1 aliphatic rings. The van der Waals surface area contributed by atoms with Gasteiger partial charge < -0.3 is 28.4 Å². The summed E-state index contributed by atoms with van der Waals surface area (Å²) in [5.74, 6) is 2.36. The molecule has 2 heterocycles. The number of nitrogens with zero attached hydrogens (tertiary/aromatic N) is 3. The van der Waals surface area contributed by atoms with Crippen LogP contribution in [0.1, 0.15) is 61.5 Å². The van der Waals surface area contributed by atoms with Crippen LogP contribution >= 0.6 is 0 Å². The second-order valence-electron chi connectivity index (χ2n) is 15.5. The van der Waals surface area contributed by atoms with E-state index in [0.717, 1.165) is 61.8 Å². The smallest absolute Gasteiger partial charge is 0.205 e. The molecular formula is C51H61N3O5. The zero-order valence-electron chi connectivity index (χ0n) is 35.4. The number of likely N-dealkylation sites (tertiary alicyclic amines) is 1. The summed E-state index contributed by atoms with van der Waals surface area (Å²) < 4.78 is 24.7. The maximum Gasteiger partial charge on any atom is 0.205 e. The van der Waals surface area contributed by atoms with Gasteiger partial charge in [-0.3, -0.25) is 9.69 Å². The van der Waals surface area contributed by atoms with Crippen LogP contribution in [-0.2, 0) is 19.8 Å². The molecular weight excluding hydrogens is 735 g/mol. The van der Waals surface area contributed by atoms with Crippen molar-refractivity contribution in [3.05, 3.63) is 166 Å². The van der Waals surface area contributed by atoms with Crippen LogP contribution in [-0.4, -0.2) is 68.6 Å². The Labute approximate surface area is 351 Å². The Hall–Kier alpha value is -5.57. The summed E-state index contributed by atoms with van der Waals surface area (Å²) in [6.45, 7) is 9.30. The standard InChI is InChI=1S/C51H61N3O5/c1-5-18-44(53(3)31-16-15-30-52(2)32-27-40-28-33-54(34-29-40)37-41-19-9-6-10-20-41)25-17-26-45-35-46(55)49-47(57-38-42-21-11-7-12-22-42)36-48(50(56-4)51(49)59-45)58-39-43-23-13-8-14-24-43/h5-14,17-26,35-36,40H,15-16,27-34,37-39H2,1-4H3/b18-5-,26-17+,44-25+. The highest BCUT2D eigenvalue weighted by atomic mass is 16.5. The van der Waals surface area contributed by atoms with E-state index >= 15 is 0 Å². The van der Waals surface area contributed by atoms with Crippen LogP contribution in [0, 0.1) is 5.92 Å². The minimum atomic E-state index is -0.231. The van der Waals surface area contributed by atoms with E-state index in [9.17, 15) is 4.79 Å². The van der Waals surface area contributed by atoms with Gasteiger partial charge in [0.1, 0.15) is 30.1 Å². The number of allylic oxidation sites excluding steroid dienone is 4. The van der Waals surface area contributed by atoms with Gasteiger partial charge >= 0.3 is 0 Å².